The van der Waals surface area contributed by atoms with Crippen molar-refractivity contribution < 1.29 is 0 Å². The second-order valence-electron chi connectivity index (χ2n) is 5.63. The highest BCUT2D eigenvalue weighted by atomic mass is 14.1. The molecule has 1 atom stereocenters. The number of hydrogen-bond donors (Lipinski definition) is 0. The third-order valence-electron chi connectivity index (χ3n) is 3.26. The Morgan fingerprint density at radius 3 is 1.73 bits per heavy atom. The molecule has 0 radical (unpaired) electrons. The largest absolute Gasteiger partial charge is 0.0654 e. The maximum Gasteiger partial charge on any atom is -0.0443 e. The van der Waals surface area contributed by atoms with E-state index in [1.54, 1.807) is 0 Å². The Morgan fingerprint density at radius 1 is 0.667 bits per heavy atom. The van der Waals surface area contributed by atoms with Gasteiger partial charge in [0.25, 0.3) is 0 Å². The minimum Gasteiger partial charge on any atom is -0.0654 e. The smallest absolute Gasteiger partial charge is 0.0443 e. The molecule has 0 aromatic carbocycles. The third-order valence-corrected chi connectivity index (χ3v) is 3.26. The van der Waals surface area contributed by atoms with E-state index in [4.69, 9.17) is 0 Å². The predicted molar refractivity (Wildman–Crippen MR) is 71.2 cm³/mol. The van der Waals surface area contributed by atoms with Crippen LogP contribution in [-0.2, 0) is 0 Å². The first-order valence-corrected chi connectivity index (χ1v) is 7.16. The molecule has 0 aromatic heterocycles. The lowest BCUT2D eigenvalue weighted by atomic mass is 9.97. The zero-order valence-corrected chi connectivity index (χ0v) is 11.5. The summed E-state index contributed by atoms with van der Waals surface area (Å²) in [7, 11) is 0. The Kier molecular flexibility index (Phi) is 10.5. The molecule has 0 heterocycles. The Balaban J connectivity index is 3.04. The van der Waals surface area contributed by atoms with Gasteiger partial charge in [-0.3, -0.25) is 0 Å². The van der Waals surface area contributed by atoms with Gasteiger partial charge in [-0.25, -0.2) is 0 Å². The van der Waals surface area contributed by atoms with E-state index in [9.17, 15) is 0 Å². The van der Waals surface area contributed by atoms with E-state index in [0.717, 1.165) is 11.8 Å². The highest BCUT2D eigenvalue weighted by molar-refractivity contribution is 4.54. The van der Waals surface area contributed by atoms with E-state index in [2.05, 4.69) is 27.7 Å². The molecule has 0 fully saturated rings. The SMILES string of the molecule is CCCC(C)CCCCCCCC(C)C. The highest BCUT2D eigenvalue weighted by Gasteiger charge is 2.00. The topological polar surface area (TPSA) is 0 Å². The third kappa shape index (κ3) is 11.9. The van der Waals surface area contributed by atoms with E-state index in [1.165, 1.54) is 57.8 Å². The molecule has 0 aromatic rings. The number of hydrogen-bond acceptors (Lipinski definition) is 0. The molecule has 0 spiro atoms. The van der Waals surface area contributed by atoms with Crippen molar-refractivity contribution in [3.8, 4) is 0 Å². The van der Waals surface area contributed by atoms with Crippen molar-refractivity contribution in [2.45, 2.75) is 85.5 Å². The van der Waals surface area contributed by atoms with Crippen molar-refractivity contribution in [3.63, 3.8) is 0 Å². The fourth-order valence-corrected chi connectivity index (χ4v) is 2.21. The summed E-state index contributed by atoms with van der Waals surface area (Å²) in [5.74, 6) is 1.86. The van der Waals surface area contributed by atoms with E-state index in [-0.39, 0.29) is 0 Å². The van der Waals surface area contributed by atoms with Gasteiger partial charge in [-0.05, 0) is 11.8 Å². The first kappa shape index (κ1) is 15.0. The molecule has 0 nitrogen and oxygen atoms in total. The molecule has 92 valence electrons. The van der Waals surface area contributed by atoms with Crippen LogP contribution in [0, 0.1) is 11.8 Å². The lowest BCUT2D eigenvalue weighted by molar-refractivity contribution is 0.446. The molecule has 0 N–H and O–H groups in total. The van der Waals surface area contributed by atoms with Crippen LogP contribution in [0.3, 0.4) is 0 Å². The van der Waals surface area contributed by atoms with Gasteiger partial charge in [0.1, 0.15) is 0 Å². The van der Waals surface area contributed by atoms with Gasteiger partial charge in [0.05, 0.1) is 0 Å². The van der Waals surface area contributed by atoms with Crippen molar-refractivity contribution in [1.29, 1.82) is 0 Å². The van der Waals surface area contributed by atoms with E-state index < -0.39 is 0 Å². The first-order chi connectivity index (χ1) is 7.16. The molecule has 0 heteroatoms. The lowest BCUT2D eigenvalue weighted by Gasteiger charge is -2.09. The highest BCUT2D eigenvalue weighted by Crippen LogP contribution is 2.16. The van der Waals surface area contributed by atoms with Crippen molar-refractivity contribution in [1.82, 2.24) is 0 Å². The quantitative estimate of drug-likeness (QED) is 0.401. The number of rotatable bonds is 10. The predicted octanol–water partition coefficient (Wildman–Crippen LogP) is 5.81. The van der Waals surface area contributed by atoms with E-state index >= 15 is 0 Å². The standard InChI is InChI=1S/C15H32/c1-5-11-15(4)13-10-8-6-7-9-12-14(2)3/h14-15H,5-13H2,1-4H3. The minimum atomic E-state index is 0.898. The van der Waals surface area contributed by atoms with Crippen LogP contribution in [0.15, 0.2) is 0 Å². The molecule has 0 aliphatic carbocycles. The van der Waals surface area contributed by atoms with Crippen LogP contribution in [0.4, 0.5) is 0 Å². The fourth-order valence-electron chi connectivity index (χ4n) is 2.21. The van der Waals surface area contributed by atoms with E-state index in [1.807, 2.05) is 0 Å². The summed E-state index contributed by atoms with van der Waals surface area (Å²) in [6, 6.07) is 0. The zero-order valence-electron chi connectivity index (χ0n) is 11.5. The Labute approximate surface area is 97.8 Å². The zero-order chi connectivity index (χ0) is 11.5. The second kappa shape index (κ2) is 10.5. The molecule has 0 saturated heterocycles. The maximum atomic E-state index is 2.41. The van der Waals surface area contributed by atoms with Gasteiger partial charge < -0.3 is 0 Å². The van der Waals surface area contributed by atoms with Gasteiger partial charge >= 0.3 is 0 Å². The molecule has 0 bridgehead atoms. The Bertz CT molecular complexity index is 115. The van der Waals surface area contributed by atoms with Gasteiger partial charge in [-0.1, -0.05) is 85.5 Å². The lowest BCUT2D eigenvalue weighted by Crippen LogP contribution is -1.93. The van der Waals surface area contributed by atoms with Crippen molar-refractivity contribution in [3.05, 3.63) is 0 Å². The van der Waals surface area contributed by atoms with Crippen molar-refractivity contribution >= 4 is 0 Å². The summed E-state index contributed by atoms with van der Waals surface area (Å²) in [5, 5.41) is 0. The average Bonchev–Trinajstić information content (AvgIpc) is 2.16. The van der Waals surface area contributed by atoms with Crippen LogP contribution in [0.25, 0.3) is 0 Å². The molecule has 15 heavy (non-hydrogen) atoms. The summed E-state index contributed by atoms with van der Waals surface area (Å²) >= 11 is 0. The van der Waals surface area contributed by atoms with Crippen LogP contribution < -0.4 is 0 Å². The Morgan fingerprint density at radius 2 is 1.20 bits per heavy atom. The van der Waals surface area contributed by atoms with Crippen LogP contribution in [0.2, 0.25) is 0 Å². The molecule has 0 rings (SSSR count). The molecular formula is C15H32. The monoisotopic (exact) mass is 212 g/mol. The molecular weight excluding hydrogens is 180 g/mol. The molecule has 0 aliphatic heterocycles. The summed E-state index contributed by atoms with van der Waals surface area (Å²) < 4.78 is 0. The van der Waals surface area contributed by atoms with Crippen LogP contribution in [0.5, 0.6) is 0 Å². The van der Waals surface area contributed by atoms with Crippen molar-refractivity contribution in [2.75, 3.05) is 0 Å². The van der Waals surface area contributed by atoms with Gasteiger partial charge in [0.15, 0.2) is 0 Å². The second-order valence-corrected chi connectivity index (χ2v) is 5.63. The van der Waals surface area contributed by atoms with Crippen LogP contribution in [-0.4, -0.2) is 0 Å². The summed E-state index contributed by atoms with van der Waals surface area (Å²) in [6.07, 6.45) is 13.0. The molecule has 0 saturated carbocycles. The van der Waals surface area contributed by atoms with Gasteiger partial charge in [-0.15, -0.1) is 0 Å². The summed E-state index contributed by atoms with van der Waals surface area (Å²) in [6.45, 7) is 9.35. The summed E-state index contributed by atoms with van der Waals surface area (Å²) in [4.78, 5) is 0. The van der Waals surface area contributed by atoms with Gasteiger partial charge in [0.2, 0.25) is 0 Å². The van der Waals surface area contributed by atoms with Crippen LogP contribution in [0.1, 0.15) is 85.5 Å². The Hall–Kier alpha value is 0. The maximum absolute atomic E-state index is 2.41. The summed E-state index contributed by atoms with van der Waals surface area (Å²) in [5.41, 5.74) is 0. The average molecular weight is 212 g/mol. The van der Waals surface area contributed by atoms with Gasteiger partial charge in [0, 0.05) is 0 Å². The first-order valence-electron chi connectivity index (χ1n) is 7.16. The molecule has 1 unspecified atom stereocenters. The van der Waals surface area contributed by atoms with E-state index in [0.29, 0.717) is 0 Å². The molecule has 0 aliphatic rings. The van der Waals surface area contributed by atoms with Gasteiger partial charge in [-0.2, -0.15) is 0 Å². The minimum absolute atomic E-state index is 0.898. The number of unbranched alkanes of at least 4 members (excludes halogenated alkanes) is 4. The van der Waals surface area contributed by atoms with Crippen LogP contribution >= 0.6 is 0 Å². The van der Waals surface area contributed by atoms with Crippen molar-refractivity contribution in [2.24, 2.45) is 11.8 Å². The molecule has 0 amide bonds. The fraction of sp³-hybridized carbons (Fsp3) is 1.00. The normalized spacial score (nSPS) is 13.4.